The molecule has 0 saturated carbocycles. The van der Waals surface area contributed by atoms with Gasteiger partial charge in [0.25, 0.3) is 11.6 Å². The van der Waals surface area contributed by atoms with Gasteiger partial charge in [-0.25, -0.2) is 5.43 Å². The number of aromatic hydroxyl groups is 1. The third-order valence-corrected chi connectivity index (χ3v) is 3.26. The Kier molecular flexibility index (Phi) is 4.92. The van der Waals surface area contributed by atoms with E-state index in [0.717, 1.165) is 0 Å². The highest BCUT2D eigenvalue weighted by Gasteiger charge is 2.11. The summed E-state index contributed by atoms with van der Waals surface area (Å²) in [5.74, 6) is -0.832. The quantitative estimate of drug-likeness (QED) is 0.509. The Bertz CT molecular complexity index is 788. The van der Waals surface area contributed by atoms with Crippen LogP contribution in [0, 0.1) is 10.1 Å². The van der Waals surface area contributed by atoms with Crippen LogP contribution in [0.5, 0.6) is 5.75 Å². The van der Waals surface area contributed by atoms with Crippen molar-refractivity contribution in [3.8, 4) is 5.75 Å². The molecule has 0 unspecified atom stereocenters. The average molecular weight is 334 g/mol. The maximum absolute atomic E-state index is 12.0. The SMILES string of the molecule is C/C(=N/NC(=O)c1cc(Cl)ccc1O)c1ccc([N+](=O)[O-])cc1. The normalized spacial score (nSPS) is 11.1. The highest BCUT2D eigenvalue weighted by Crippen LogP contribution is 2.21. The minimum absolute atomic E-state index is 0.00208. The number of carbonyl (C=O) groups excluding carboxylic acids is 1. The van der Waals surface area contributed by atoms with Crippen LogP contribution in [-0.2, 0) is 0 Å². The predicted molar refractivity (Wildman–Crippen MR) is 85.9 cm³/mol. The van der Waals surface area contributed by atoms with Gasteiger partial charge in [0.15, 0.2) is 0 Å². The molecule has 0 aliphatic carbocycles. The molecule has 7 nitrogen and oxygen atoms in total. The maximum Gasteiger partial charge on any atom is 0.275 e. The van der Waals surface area contributed by atoms with Gasteiger partial charge >= 0.3 is 0 Å². The Labute approximate surface area is 136 Å². The number of nitro groups is 1. The number of nitrogens with one attached hydrogen (secondary N) is 1. The molecule has 23 heavy (non-hydrogen) atoms. The fraction of sp³-hybridized carbons (Fsp3) is 0.0667. The highest BCUT2D eigenvalue weighted by molar-refractivity contribution is 6.31. The lowest BCUT2D eigenvalue weighted by atomic mass is 10.1. The highest BCUT2D eigenvalue weighted by atomic mass is 35.5. The van der Waals surface area contributed by atoms with Crippen LogP contribution < -0.4 is 5.43 Å². The topological polar surface area (TPSA) is 105 Å². The average Bonchev–Trinajstić information content (AvgIpc) is 2.54. The van der Waals surface area contributed by atoms with E-state index >= 15 is 0 Å². The van der Waals surface area contributed by atoms with Crippen molar-refractivity contribution in [1.29, 1.82) is 0 Å². The number of nitro benzene ring substituents is 1. The number of hydrogen-bond acceptors (Lipinski definition) is 5. The van der Waals surface area contributed by atoms with Crippen molar-refractivity contribution in [2.24, 2.45) is 5.10 Å². The summed E-state index contributed by atoms with van der Waals surface area (Å²) in [6.45, 7) is 1.64. The molecule has 0 aliphatic heterocycles. The molecule has 0 aliphatic rings. The van der Waals surface area contributed by atoms with Gasteiger partial charge in [-0.2, -0.15) is 5.10 Å². The summed E-state index contributed by atoms with van der Waals surface area (Å²) in [5, 5.41) is 24.5. The van der Waals surface area contributed by atoms with Gasteiger partial charge in [-0.05, 0) is 42.8 Å². The molecule has 0 fully saturated rings. The minimum atomic E-state index is -0.619. The zero-order valence-corrected chi connectivity index (χ0v) is 12.7. The fourth-order valence-electron chi connectivity index (χ4n) is 1.77. The van der Waals surface area contributed by atoms with E-state index in [-0.39, 0.29) is 17.0 Å². The van der Waals surface area contributed by atoms with Crippen molar-refractivity contribution in [3.63, 3.8) is 0 Å². The van der Waals surface area contributed by atoms with Crippen LogP contribution >= 0.6 is 11.6 Å². The van der Waals surface area contributed by atoms with E-state index in [4.69, 9.17) is 11.6 Å². The van der Waals surface area contributed by atoms with Crippen LogP contribution in [0.15, 0.2) is 47.6 Å². The van der Waals surface area contributed by atoms with E-state index in [1.807, 2.05) is 0 Å². The molecule has 0 bridgehead atoms. The summed E-state index contributed by atoms with van der Waals surface area (Å²) in [4.78, 5) is 22.1. The molecule has 8 heteroatoms. The van der Waals surface area contributed by atoms with Gasteiger partial charge < -0.3 is 5.11 Å². The summed E-state index contributed by atoms with van der Waals surface area (Å²) < 4.78 is 0. The number of halogens is 1. The fourth-order valence-corrected chi connectivity index (χ4v) is 1.95. The van der Waals surface area contributed by atoms with Crippen molar-refractivity contribution < 1.29 is 14.8 Å². The molecule has 0 saturated heterocycles. The Morgan fingerprint density at radius 3 is 2.52 bits per heavy atom. The molecule has 1 amide bonds. The van der Waals surface area contributed by atoms with Crippen molar-refractivity contribution >= 4 is 28.9 Å². The molecule has 2 aromatic rings. The molecule has 2 rings (SSSR count). The summed E-state index contributed by atoms with van der Waals surface area (Å²) in [6.07, 6.45) is 0. The zero-order chi connectivity index (χ0) is 17.0. The standard InChI is InChI=1S/C15H12ClN3O4/c1-9(10-2-5-12(6-3-10)19(22)23)17-18-15(21)13-8-11(16)4-7-14(13)20/h2-8,20H,1H3,(H,18,21)/b17-9-. The molecule has 0 aromatic heterocycles. The van der Waals surface area contributed by atoms with Gasteiger partial charge in [0.2, 0.25) is 0 Å². The van der Waals surface area contributed by atoms with Crippen LogP contribution in [0.3, 0.4) is 0 Å². The zero-order valence-electron chi connectivity index (χ0n) is 12.0. The first kappa shape index (κ1) is 16.4. The minimum Gasteiger partial charge on any atom is -0.507 e. The number of non-ortho nitro benzene ring substituents is 1. The van der Waals surface area contributed by atoms with Crippen LogP contribution in [0.25, 0.3) is 0 Å². The molecule has 118 valence electrons. The smallest absolute Gasteiger partial charge is 0.275 e. The number of amides is 1. The number of phenols is 1. The second kappa shape index (κ2) is 6.89. The number of phenolic OH excluding ortho intramolecular Hbond substituents is 1. The monoisotopic (exact) mass is 333 g/mol. The number of hydrazone groups is 1. The second-order valence-electron chi connectivity index (χ2n) is 4.60. The number of nitrogens with zero attached hydrogens (tertiary/aromatic N) is 2. The number of rotatable bonds is 4. The van der Waals surface area contributed by atoms with Crippen molar-refractivity contribution in [2.75, 3.05) is 0 Å². The van der Waals surface area contributed by atoms with E-state index in [2.05, 4.69) is 10.5 Å². The molecule has 0 radical (unpaired) electrons. The Morgan fingerprint density at radius 1 is 1.26 bits per heavy atom. The first-order valence-corrected chi connectivity index (χ1v) is 6.84. The Balaban J connectivity index is 2.13. The lowest BCUT2D eigenvalue weighted by Gasteiger charge is -2.05. The third-order valence-electron chi connectivity index (χ3n) is 3.02. The van der Waals surface area contributed by atoms with Gasteiger partial charge in [-0.3, -0.25) is 14.9 Å². The van der Waals surface area contributed by atoms with E-state index in [1.165, 1.54) is 42.5 Å². The van der Waals surface area contributed by atoms with E-state index in [9.17, 15) is 20.0 Å². The predicted octanol–water partition coefficient (Wildman–Crippen LogP) is 3.11. The molecule has 0 atom stereocenters. The van der Waals surface area contributed by atoms with Crippen LogP contribution in [0.2, 0.25) is 5.02 Å². The van der Waals surface area contributed by atoms with Crippen molar-refractivity contribution in [1.82, 2.24) is 5.43 Å². The number of benzene rings is 2. The van der Waals surface area contributed by atoms with E-state index in [0.29, 0.717) is 16.3 Å². The Morgan fingerprint density at radius 2 is 1.91 bits per heavy atom. The van der Waals surface area contributed by atoms with Gasteiger partial charge in [0.05, 0.1) is 16.2 Å². The van der Waals surface area contributed by atoms with Crippen LogP contribution in [0.1, 0.15) is 22.8 Å². The van der Waals surface area contributed by atoms with Crippen LogP contribution in [-0.4, -0.2) is 21.6 Å². The summed E-state index contributed by atoms with van der Waals surface area (Å²) in [6, 6.07) is 9.84. The lowest BCUT2D eigenvalue weighted by molar-refractivity contribution is -0.384. The molecule has 2 N–H and O–H groups in total. The van der Waals surface area contributed by atoms with Crippen molar-refractivity contribution in [2.45, 2.75) is 6.92 Å². The molecule has 0 spiro atoms. The van der Waals surface area contributed by atoms with Gasteiger partial charge in [-0.15, -0.1) is 0 Å². The number of carbonyl (C=O) groups is 1. The molecular formula is C15H12ClN3O4. The summed E-state index contributed by atoms with van der Waals surface area (Å²) in [7, 11) is 0. The summed E-state index contributed by atoms with van der Waals surface area (Å²) >= 11 is 5.78. The summed E-state index contributed by atoms with van der Waals surface area (Å²) in [5.41, 5.74) is 3.33. The van der Waals surface area contributed by atoms with Crippen molar-refractivity contribution in [3.05, 3.63) is 68.7 Å². The molecular weight excluding hydrogens is 322 g/mol. The molecule has 0 heterocycles. The van der Waals surface area contributed by atoms with Gasteiger partial charge in [-0.1, -0.05) is 11.6 Å². The lowest BCUT2D eigenvalue weighted by Crippen LogP contribution is -2.19. The molecule has 2 aromatic carbocycles. The van der Waals surface area contributed by atoms with E-state index in [1.54, 1.807) is 6.92 Å². The van der Waals surface area contributed by atoms with Crippen LogP contribution in [0.4, 0.5) is 5.69 Å². The maximum atomic E-state index is 12.0. The van der Waals surface area contributed by atoms with Gasteiger partial charge in [0, 0.05) is 17.2 Å². The third kappa shape index (κ3) is 4.04. The first-order valence-electron chi connectivity index (χ1n) is 6.46. The first-order chi connectivity index (χ1) is 10.9. The number of hydrogen-bond donors (Lipinski definition) is 2. The van der Waals surface area contributed by atoms with E-state index < -0.39 is 10.8 Å². The Hall–Kier alpha value is -2.93. The second-order valence-corrected chi connectivity index (χ2v) is 5.04. The van der Waals surface area contributed by atoms with Gasteiger partial charge in [0.1, 0.15) is 5.75 Å². The largest absolute Gasteiger partial charge is 0.507 e.